The minimum Gasteiger partial charge on any atom is -0.449 e. The van der Waals surface area contributed by atoms with Crippen molar-refractivity contribution in [2.45, 2.75) is 44.7 Å². The molecule has 2 fully saturated rings. The molecular formula is C22H25FN2O2. The van der Waals surface area contributed by atoms with Crippen molar-refractivity contribution < 1.29 is 13.9 Å². The van der Waals surface area contributed by atoms with Gasteiger partial charge in [-0.1, -0.05) is 23.8 Å². The van der Waals surface area contributed by atoms with E-state index < -0.39 is 6.09 Å². The van der Waals surface area contributed by atoms with E-state index in [1.807, 2.05) is 31.2 Å². The van der Waals surface area contributed by atoms with Gasteiger partial charge in [-0.25, -0.2) is 9.18 Å². The summed E-state index contributed by atoms with van der Waals surface area (Å²) in [5.41, 5.74) is 3.18. The van der Waals surface area contributed by atoms with Gasteiger partial charge in [0.2, 0.25) is 0 Å². The molecule has 142 valence electrons. The summed E-state index contributed by atoms with van der Waals surface area (Å²) in [6.07, 6.45) is 4.15. The van der Waals surface area contributed by atoms with Gasteiger partial charge in [-0.3, -0.25) is 5.32 Å². The zero-order valence-corrected chi connectivity index (χ0v) is 15.5. The average molecular weight is 368 g/mol. The minimum absolute atomic E-state index is 0.303. The lowest BCUT2D eigenvalue weighted by molar-refractivity contribution is 0.122. The molecule has 2 aliphatic heterocycles. The largest absolute Gasteiger partial charge is 0.449 e. The Labute approximate surface area is 159 Å². The highest BCUT2D eigenvalue weighted by Gasteiger charge is 2.33. The first-order valence-electron chi connectivity index (χ1n) is 9.63. The molecule has 2 aliphatic rings. The lowest BCUT2D eigenvalue weighted by Gasteiger charge is -2.28. The summed E-state index contributed by atoms with van der Waals surface area (Å²) in [7, 11) is 0. The van der Waals surface area contributed by atoms with E-state index in [0.717, 1.165) is 29.5 Å². The number of rotatable bonds is 4. The fourth-order valence-electron chi connectivity index (χ4n) is 4.31. The van der Waals surface area contributed by atoms with Gasteiger partial charge in [-0.05, 0) is 68.4 Å². The van der Waals surface area contributed by atoms with Gasteiger partial charge in [-0.2, -0.15) is 0 Å². The molecule has 2 aromatic rings. The van der Waals surface area contributed by atoms with E-state index in [1.165, 1.54) is 25.0 Å². The first-order valence-corrected chi connectivity index (χ1v) is 9.63. The highest BCUT2D eigenvalue weighted by Crippen LogP contribution is 2.32. The van der Waals surface area contributed by atoms with Gasteiger partial charge in [-0.15, -0.1) is 0 Å². The van der Waals surface area contributed by atoms with Crippen molar-refractivity contribution >= 4 is 11.8 Å². The molecular weight excluding hydrogens is 343 g/mol. The zero-order valence-electron chi connectivity index (χ0n) is 15.5. The number of halogens is 1. The number of hydrogen-bond donors (Lipinski definition) is 2. The van der Waals surface area contributed by atoms with Gasteiger partial charge in [0.1, 0.15) is 5.82 Å². The van der Waals surface area contributed by atoms with E-state index in [-0.39, 0.29) is 5.82 Å². The number of piperidine rings is 1. The molecule has 2 heterocycles. The average Bonchev–Trinajstić information content (AvgIpc) is 2.99. The molecule has 4 rings (SSSR count). The lowest BCUT2D eigenvalue weighted by Crippen LogP contribution is -2.39. The summed E-state index contributed by atoms with van der Waals surface area (Å²) >= 11 is 0. The van der Waals surface area contributed by atoms with Crippen molar-refractivity contribution in [2.24, 2.45) is 5.92 Å². The predicted octanol–water partition coefficient (Wildman–Crippen LogP) is 4.88. The molecule has 27 heavy (non-hydrogen) atoms. The van der Waals surface area contributed by atoms with E-state index in [1.54, 1.807) is 6.07 Å². The molecule has 2 N–H and O–H groups in total. The van der Waals surface area contributed by atoms with Crippen LogP contribution in [0.3, 0.4) is 0 Å². The minimum atomic E-state index is -0.456. The summed E-state index contributed by atoms with van der Waals surface area (Å²) in [6, 6.07) is 13.2. The molecule has 0 saturated carbocycles. The number of carbonyl (C=O) groups is 1. The Kier molecular flexibility index (Phi) is 5.12. The molecule has 1 amide bonds. The van der Waals surface area contributed by atoms with Crippen molar-refractivity contribution in [1.29, 1.82) is 0 Å². The fourth-order valence-corrected chi connectivity index (χ4v) is 4.31. The molecule has 2 unspecified atom stereocenters. The molecule has 0 aliphatic carbocycles. The van der Waals surface area contributed by atoms with Crippen LogP contribution < -0.4 is 10.6 Å². The fraction of sp³-hybridized carbons (Fsp3) is 0.409. The van der Waals surface area contributed by atoms with Crippen molar-refractivity contribution in [3.8, 4) is 11.1 Å². The van der Waals surface area contributed by atoms with Crippen molar-refractivity contribution in [3.63, 3.8) is 0 Å². The molecule has 4 nitrogen and oxygen atoms in total. The lowest BCUT2D eigenvalue weighted by atomic mass is 9.93. The Balaban J connectivity index is 1.42. The molecule has 0 radical (unpaired) electrons. The number of aryl methyl sites for hydroxylation is 1. The first-order chi connectivity index (χ1) is 13.1. The summed E-state index contributed by atoms with van der Waals surface area (Å²) < 4.78 is 19.1. The van der Waals surface area contributed by atoms with Crippen molar-refractivity contribution in [1.82, 2.24) is 5.32 Å². The maximum atomic E-state index is 13.6. The number of nitrogens with one attached hydrogen (secondary N) is 2. The number of anilines is 1. The van der Waals surface area contributed by atoms with Crippen LogP contribution in [-0.4, -0.2) is 24.8 Å². The SMILES string of the molecule is Cc1ccc(NC(=O)OCC2CC3CCC(C2)N3)c(-c2cccc(F)c2)c1. The van der Waals surface area contributed by atoms with Crippen LogP contribution in [0.4, 0.5) is 14.9 Å². The van der Waals surface area contributed by atoms with Gasteiger partial charge >= 0.3 is 6.09 Å². The van der Waals surface area contributed by atoms with Crippen LogP contribution in [-0.2, 0) is 4.74 Å². The van der Waals surface area contributed by atoms with Gasteiger partial charge in [0.15, 0.2) is 0 Å². The van der Waals surface area contributed by atoms with E-state index in [4.69, 9.17) is 4.74 Å². The molecule has 2 aromatic carbocycles. The van der Waals surface area contributed by atoms with E-state index >= 15 is 0 Å². The molecule has 0 aromatic heterocycles. The van der Waals surface area contributed by atoms with Crippen LogP contribution in [0.25, 0.3) is 11.1 Å². The Hall–Kier alpha value is -2.40. The van der Waals surface area contributed by atoms with E-state index in [9.17, 15) is 9.18 Å². The number of fused-ring (bicyclic) bond motifs is 2. The maximum Gasteiger partial charge on any atom is 0.411 e. The third-order valence-electron chi connectivity index (χ3n) is 5.57. The molecule has 0 spiro atoms. The Morgan fingerprint density at radius 2 is 1.96 bits per heavy atom. The maximum absolute atomic E-state index is 13.6. The van der Waals surface area contributed by atoms with Crippen molar-refractivity contribution in [2.75, 3.05) is 11.9 Å². The third kappa shape index (κ3) is 4.30. The highest BCUT2D eigenvalue weighted by molar-refractivity contribution is 5.91. The summed E-state index contributed by atoms with van der Waals surface area (Å²) in [6.45, 7) is 2.41. The van der Waals surface area contributed by atoms with Gasteiger partial charge in [0, 0.05) is 17.6 Å². The molecule has 2 saturated heterocycles. The summed E-state index contributed by atoms with van der Waals surface area (Å²) in [5.74, 6) is 0.123. The smallest absolute Gasteiger partial charge is 0.411 e. The molecule has 2 atom stereocenters. The van der Waals surface area contributed by atoms with Crippen LogP contribution in [0.2, 0.25) is 0 Å². The van der Waals surface area contributed by atoms with Crippen molar-refractivity contribution in [3.05, 3.63) is 53.8 Å². The van der Waals surface area contributed by atoms with Crippen LogP contribution in [0.15, 0.2) is 42.5 Å². The molecule has 5 heteroatoms. The quantitative estimate of drug-likeness (QED) is 0.809. The van der Waals surface area contributed by atoms with Crippen LogP contribution in [0.1, 0.15) is 31.2 Å². The Morgan fingerprint density at radius 1 is 1.19 bits per heavy atom. The van der Waals surface area contributed by atoms with Crippen LogP contribution in [0.5, 0.6) is 0 Å². The second-order valence-corrected chi connectivity index (χ2v) is 7.76. The second-order valence-electron chi connectivity index (χ2n) is 7.76. The number of amides is 1. The normalized spacial score (nSPS) is 23.9. The van der Waals surface area contributed by atoms with Gasteiger partial charge < -0.3 is 10.1 Å². The number of hydrogen-bond acceptors (Lipinski definition) is 3. The standard InChI is InChI=1S/C22H25FN2O2/c1-14-5-8-21(20(9-14)16-3-2-4-17(23)12-16)25-22(26)27-13-15-10-18-6-7-19(11-15)24-18/h2-5,8-9,12,15,18-19,24H,6-7,10-11,13H2,1H3,(H,25,26). The van der Waals surface area contributed by atoms with Crippen LogP contribution in [0, 0.1) is 18.7 Å². The monoisotopic (exact) mass is 368 g/mol. The number of ether oxygens (including phenoxy) is 1. The van der Waals surface area contributed by atoms with E-state index in [0.29, 0.717) is 30.3 Å². The zero-order chi connectivity index (χ0) is 18.8. The second kappa shape index (κ2) is 7.69. The van der Waals surface area contributed by atoms with Gasteiger partial charge in [0.05, 0.1) is 12.3 Å². The predicted molar refractivity (Wildman–Crippen MR) is 104 cm³/mol. The summed E-state index contributed by atoms with van der Waals surface area (Å²) in [5, 5.41) is 6.43. The molecule has 2 bridgehead atoms. The summed E-state index contributed by atoms with van der Waals surface area (Å²) in [4.78, 5) is 12.3. The number of benzene rings is 2. The van der Waals surface area contributed by atoms with E-state index in [2.05, 4.69) is 10.6 Å². The first kappa shape index (κ1) is 18.0. The van der Waals surface area contributed by atoms with Gasteiger partial charge in [0.25, 0.3) is 0 Å². The Bertz CT molecular complexity index is 827. The number of carbonyl (C=O) groups excluding carboxylic acids is 1. The third-order valence-corrected chi connectivity index (χ3v) is 5.57. The Morgan fingerprint density at radius 3 is 2.70 bits per heavy atom. The topological polar surface area (TPSA) is 50.4 Å². The highest BCUT2D eigenvalue weighted by atomic mass is 19.1. The van der Waals surface area contributed by atoms with Crippen LogP contribution >= 0.6 is 0 Å².